The highest BCUT2D eigenvalue weighted by Gasteiger charge is 2.51. The number of halogens is 1. The molecular formula is C20H19BrN2O4. The predicted octanol–water partition coefficient (Wildman–Crippen LogP) is 3.50. The van der Waals surface area contributed by atoms with Gasteiger partial charge >= 0.3 is 6.03 Å². The fourth-order valence-electron chi connectivity index (χ4n) is 3.16. The molecule has 1 aliphatic heterocycles. The van der Waals surface area contributed by atoms with Gasteiger partial charge in [-0.1, -0.05) is 47.1 Å². The van der Waals surface area contributed by atoms with Crippen LogP contribution < -0.4 is 10.1 Å². The van der Waals surface area contributed by atoms with Gasteiger partial charge in [0.05, 0.1) is 13.7 Å². The second-order valence-electron chi connectivity index (χ2n) is 6.24. The number of nitrogens with zero attached hydrogens (tertiary/aromatic N) is 1. The molecule has 0 saturated carbocycles. The van der Waals surface area contributed by atoms with Crippen LogP contribution in [0.1, 0.15) is 29.3 Å². The maximum absolute atomic E-state index is 13.1. The molecular weight excluding hydrogens is 412 g/mol. The molecule has 0 unspecified atom stereocenters. The normalized spacial score (nSPS) is 19.1. The average molecular weight is 431 g/mol. The zero-order valence-corrected chi connectivity index (χ0v) is 16.6. The Balaban J connectivity index is 1.86. The van der Waals surface area contributed by atoms with Crippen LogP contribution in [0.4, 0.5) is 4.79 Å². The fraction of sp³-hybridized carbons (Fsp3) is 0.250. The Labute approximate surface area is 165 Å². The molecule has 2 aromatic rings. The van der Waals surface area contributed by atoms with Crippen molar-refractivity contribution in [1.82, 2.24) is 10.2 Å². The topological polar surface area (TPSA) is 75.7 Å². The average Bonchev–Trinajstić information content (AvgIpc) is 2.93. The summed E-state index contributed by atoms with van der Waals surface area (Å²) in [6.07, 6.45) is 0.368. The molecule has 1 fully saturated rings. The molecule has 1 saturated heterocycles. The van der Waals surface area contributed by atoms with E-state index in [0.717, 1.165) is 9.37 Å². The van der Waals surface area contributed by atoms with Gasteiger partial charge in [-0.25, -0.2) is 4.79 Å². The lowest BCUT2D eigenvalue weighted by atomic mass is 9.87. The number of amides is 3. The molecule has 3 amide bonds. The van der Waals surface area contributed by atoms with Crippen LogP contribution in [0.2, 0.25) is 0 Å². The summed E-state index contributed by atoms with van der Waals surface area (Å²) >= 11 is 3.31. The first kappa shape index (κ1) is 19.1. The van der Waals surface area contributed by atoms with Gasteiger partial charge in [-0.15, -0.1) is 0 Å². The van der Waals surface area contributed by atoms with Crippen LogP contribution in [-0.2, 0) is 10.3 Å². The minimum absolute atomic E-state index is 0.298. The molecule has 0 radical (unpaired) electrons. The van der Waals surface area contributed by atoms with Crippen LogP contribution in [-0.4, -0.2) is 36.3 Å². The van der Waals surface area contributed by atoms with Gasteiger partial charge in [0, 0.05) is 10.0 Å². The van der Waals surface area contributed by atoms with Crippen molar-refractivity contribution in [2.75, 3.05) is 13.7 Å². The van der Waals surface area contributed by atoms with E-state index < -0.39 is 17.5 Å². The van der Waals surface area contributed by atoms with E-state index in [-0.39, 0.29) is 12.3 Å². The summed E-state index contributed by atoms with van der Waals surface area (Å²) in [5.41, 5.74) is -0.0800. The molecule has 0 bridgehead atoms. The molecule has 7 heteroatoms. The lowest BCUT2D eigenvalue weighted by Gasteiger charge is -2.26. The quantitative estimate of drug-likeness (QED) is 0.561. The van der Waals surface area contributed by atoms with Crippen LogP contribution >= 0.6 is 15.9 Å². The molecule has 0 aliphatic carbocycles. The number of Topliss-reactive ketones (excluding diaryl/α,β-unsaturated/α-hetero) is 1. The van der Waals surface area contributed by atoms with Crippen molar-refractivity contribution in [3.8, 4) is 5.75 Å². The fourth-order valence-corrected chi connectivity index (χ4v) is 3.42. The van der Waals surface area contributed by atoms with Crippen molar-refractivity contribution in [2.24, 2.45) is 0 Å². The van der Waals surface area contributed by atoms with Crippen LogP contribution in [0.25, 0.3) is 0 Å². The second kappa shape index (κ2) is 7.52. The largest absolute Gasteiger partial charge is 0.497 e. The maximum Gasteiger partial charge on any atom is 0.325 e. The molecule has 0 aromatic heterocycles. The Kier molecular flexibility index (Phi) is 5.32. The second-order valence-corrected chi connectivity index (χ2v) is 7.15. The van der Waals surface area contributed by atoms with Crippen LogP contribution in [0.15, 0.2) is 53.0 Å². The Morgan fingerprint density at radius 3 is 2.30 bits per heavy atom. The summed E-state index contributed by atoms with van der Waals surface area (Å²) < 4.78 is 5.99. The summed E-state index contributed by atoms with van der Waals surface area (Å²) in [4.78, 5) is 39.1. The first-order valence-electron chi connectivity index (χ1n) is 8.48. The number of hydrogen-bond donors (Lipinski definition) is 1. The number of rotatable bonds is 6. The summed E-state index contributed by atoms with van der Waals surface area (Å²) in [5, 5.41) is 2.77. The van der Waals surface area contributed by atoms with Crippen molar-refractivity contribution < 1.29 is 19.1 Å². The van der Waals surface area contributed by atoms with Crippen molar-refractivity contribution in [1.29, 1.82) is 0 Å². The number of methoxy groups -OCH3 is 1. The minimum Gasteiger partial charge on any atom is -0.497 e. The van der Waals surface area contributed by atoms with E-state index in [1.165, 1.54) is 0 Å². The number of nitrogens with one attached hydrogen (secondary N) is 1. The van der Waals surface area contributed by atoms with Gasteiger partial charge in [0.25, 0.3) is 5.91 Å². The number of ether oxygens (including phenoxy) is 1. The minimum atomic E-state index is -1.18. The lowest BCUT2D eigenvalue weighted by Crippen LogP contribution is -2.43. The summed E-state index contributed by atoms with van der Waals surface area (Å²) in [6.45, 7) is 1.52. The predicted molar refractivity (Wildman–Crippen MR) is 104 cm³/mol. The van der Waals surface area contributed by atoms with Crippen LogP contribution in [0.3, 0.4) is 0 Å². The number of carbonyl (C=O) groups excluding carboxylic acids is 3. The number of ketones is 1. The van der Waals surface area contributed by atoms with E-state index in [9.17, 15) is 14.4 Å². The van der Waals surface area contributed by atoms with Gasteiger partial charge in [-0.05, 0) is 36.2 Å². The summed E-state index contributed by atoms with van der Waals surface area (Å²) in [5.74, 6) is -0.0673. The third kappa shape index (κ3) is 3.47. The van der Waals surface area contributed by atoms with Gasteiger partial charge in [0.1, 0.15) is 11.3 Å². The van der Waals surface area contributed by atoms with Crippen LogP contribution in [0, 0.1) is 0 Å². The van der Waals surface area contributed by atoms with Crippen molar-refractivity contribution in [3.05, 3.63) is 64.1 Å². The van der Waals surface area contributed by atoms with E-state index in [1.54, 1.807) is 55.6 Å². The van der Waals surface area contributed by atoms with E-state index >= 15 is 0 Å². The monoisotopic (exact) mass is 430 g/mol. The smallest absolute Gasteiger partial charge is 0.325 e. The molecule has 0 spiro atoms. The van der Waals surface area contributed by atoms with Crippen LogP contribution in [0.5, 0.6) is 5.75 Å². The molecule has 1 heterocycles. The highest BCUT2D eigenvalue weighted by atomic mass is 79.9. The van der Waals surface area contributed by atoms with Crippen molar-refractivity contribution in [3.63, 3.8) is 0 Å². The first-order chi connectivity index (χ1) is 12.9. The Bertz CT molecular complexity index is 880. The molecule has 3 rings (SSSR count). The molecule has 2 aromatic carbocycles. The van der Waals surface area contributed by atoms with Gasteiger partial charge in [0.2, 0.25) is 0 Å². The van der Waals surface area contributed by atoms with Gasteiger partial charge in [0.15, 0.2) is 5.78 Å². The SMILES string of the molecule is CC[C@@]1(c2ccc(OC)cc2)NC(=O)N(CC(=O)c2ccc(Br)cc2)C1=O. The van der Waals surface area contributed by atoms with E-state index in [1.807, 2.05) is 6.92 Å². The molecule has 1 N–H and O–H groups in total. The zero-order chi connectivity index (χ0) is 19.6. The first-order valence-corrected chi connectivity index (χ1v) is 9.28. The van der Waals surface area contributed by atoms with Gasteiger partial charge < -0.3 is 10.1 Å². The number of urea groups is 1. The molecule has 27 heavy (non-hydrogen) atoms. The summed E-state index contributed by atoms with van der Waals surface area (Å²) in [7, 11) is 1.56. The number of imide groups is 1. The van der Waals surface area contributed by atoms with E-state index in [4.69, 9.17) is 4.74 Å². The van der Waals surface area contributed by atoms with E-state index in [0.29, 0.717) is 23.3 Å². The number of carbonyl (C=O) groups is 3. The van der Waals surface area contributed by atoms with Gasteiger partial charge in [-0.3, -0.25) is 14.5 Å². The maximum atomic E-state index is 13.1. The highest BCUT2D eigenvalue weighted by Crippen LogP contribution is 2.33. The summed E-state index contributed by atoms with van der Waals surface area (Å²) in [6, 6.07) is 13.2. The third-order valence-electron chi connectivity index (χ3n) is 4.76. The standard InChI is InChI=1S/C20H19BrN2O4/c1-3-20(14-6-10-16(27-2)11-7-14)18(25)23(19(26)22-20)12-17(24)13-4-8-15(21)9-5-13/h4-11H,3,12H2,1-2H3,(H,22,26)/t20-/m0/s1. The van der Waals surface area contributed by atoms with E-state index in [2.05, 4.69) is 21.2 Å². The molecule has 1 atom stereocenters. The third-order valence-corrected chi connectivity index (χ3v) is 5.29. The Morgan fingerprint density at radius 1 is 1.11 bits per heavy atom. The van der Waals surface area contributed by atoms with Crippen molar-refractivity contribution >= 4 is 33.7 Å². The van der Waals surface area contributed by atoms with Gasteiger partial charge in [-0.2, -0.15) is 0 Å². The number of benzene rings is 2. The highest BCUT2D eigenvalue weighted by molar-refractivity contribution is 9.10. The lowest BCUT2D eigenvalue weighted by molar-refractivity contribution is -0.131. The molecule has 140 valence electrons. The van der Waals surface area contributed by atoms with Crippen molar-refractivity contribution in [2.45, 2.75) is 18.9 Å². The Hall–Kier alpha value is -2.67. The zero-order valence-electron chi connectivity index (χ0n) is 15.0. The number of hydrogen-bond acceptors (Lipinski definition) is 4. The molecule has 1 aliphatic rings. The Morgan fingerprint density at radius 2 is 1.74 bits per heavy atom. The molecule has 6 nitrogen and oxygen atoms in total.